The van der Waals surface area contributed by atoms with E-state index in [0.29, 0.717) is 6.54 Å². The van der Waals surface area contributed by atoms with Crippen molar-refractivity contribution in [3.63, 3.8) is 0 Å². The summed E-state index contributed by atoms with van der Waals surface area (Å²) in [7, 11) is 1.67. The number of hydrogen-bond acceptors (Lipinski definition) is 4. The summed E-state index contributed by atoms with van der Waals surface area (Å²) < 4.78 is 5.26. The highest BCUT2D eigenvalue weighted by atomic mass is 16.5. The molecule has 2 aliphatic heterocycles. The Hall–Kier alpha value is -2.57. The van der Waals surface area contributed by atoms with Crippen molar-refractivity contribution in [2.45, 2.75) is 50.7 Å². The maximum absolute atomic E-state index is 12.7. The summed E-state index contributed by atoms with van der Waals surface area (Å²) >= 11 is 0. The number of methoxy groups -OCH3 is 1. The average molecular weight is 438 g/mol. The first kappa shape index (κ1) is 22.6. The number of nitrogens with zero attached hydrogens (tertiary/aromatic N) is 2. The van der Waals surface area contributed by atoms with E-state index in [4.69, 9.17) is 4.74 Å². The number of hydrogen-bond donors (Lipinski definition) is 2. The van der Waals surface area contributed by atoms with E-state index in [1.807, 2.05) is 30.9 Å². The minimum absolute atomic E-state index is 0.0166. The van der Waals surface area contributed by atoms with Gasteiger partial charge in [0.25, 0.3) is 0 Å². The Morgan fingerprint density at radius 1 is 1.06 bits per heavy atom. The van der Waals surface area contributed by atoms with Gasteiger partial charge in [-0.2, -0.15) is 0 Å². The third kappa shape index (κ3) is 4.62. The third-order valence-corrected chi connectivity index (χ3v) is 6.79. The molecule has 0 saturated carbocycles. The molecule has 3 atom stereocenters. The SMILES string of the molecule is COc1ccc(-c2ccc([C@H]3[C@@H](CO)N4CCCCN(C(=O)NC(C)C)C[C@H]34)cc2)cc1. The molecule has 0 aromatic heterocycles. The van der Waals surface area contributed by atoms with E-state index in [1.54, 1.807) is 7.11 Å². The molecular weight excluding hydrogens is 402 g/mol. The lowest BCUT2D eigenvalue weighted by atomic mass is 9.74. The second-order valence-corrected chi connectivity index (χ2v) is 9.19. The molecule has 2 aliphatic rings. The van der Waals surface area contributed by atoms with Crippen LogP contribution in [0, 0.1) is 0 Å². The van der Waals surface area contributed by atoms with Crippen LogP contribution in [0.1, 0.15) is 38.2 Å². The summed E-state index contributed by atoms with van der Waals surface area (Å²) in [6.45, 7) is 6.59. The topological polar surface area (TPSA) is 65.0 Å². The molecule has 2 amide bonds. The molecular formula is C26H35N3O3. The summed E-state index contributed by atoms with van der Waals surface area (Å²) in [5.74, 6) is 1.07. The molecule has 2 saturated heterocycles. The number of aliphatic hydroxyl groups is 1. The maximum Gasteiger partial charge on any atom is 0.317 e. The van der Waals surface area contributed by atoms with Gasteiger partial charge in [-0.25, -0.2) is 4.79 Å². The van der Waals surface area contributed by atoms with Gasteiger partial charge in [-0.15, -0.1) is 0 Å². The fourth-order valence-corrected chi connectivity index (χ4v) is 5.14. The van der Waals surface area contributed by atoms with E-state index in [9.17, 15) is 9.90 Å². The zero-order valence-corrected chi connectivity index (χ0v) is 19.3. The van der Waals surface area contributed by atoms with Gasteiger partial charge in [0.15, 0.2) is 0 Å². The van der Waals surface area contributed by atoms with Gasteiger partial charge in [-0.1, -0.05) is 36.4 Å². The molecule has 2 fully saturated rings. The lowest BCUT2D eigenvalue weighted by Crippen LogP contribution is -2.68. The number of urea groups is 1. The standard InChI is InChI=1S/C26H35N3O3/c1-18(2)27-26(31)28-14-4-5-15-29-23(16-28)25(24(29)17-30)21-8-6-19(7-9-21)20-10-12-22(32-3)13-11-20/h6-13,18,23-25,30H,4-5,14-17H2,1-3H3,(H,27,31)/t23-,24-,25-/m1/s1. The maximum atomic E-state index is 12.7. The van der Waals surface area contributed by atoms with Crippen LogP contribution in [0.2, 0.25) is 0 Å². The Kier molecular flexibility index (Phi) is 7.01. The van der Waals surface area contributed by atoms with Crippen LogP contribution in [0.5, 0.6) is 5.75 Å². The molecule has 0 spiro atoms. The minimum atomic E-state index is 0.0166. The average Bonchev–Trinajstić information content (AvgIpc) is 2.78. The van der Waals surface area contributed by atoms with Crippen LogP contribution in [-0.4, -0.2) is 72.4 Å². The fraction of sp³-hybridized carbons (Fsp3) is 0.500. The van der Waals surface area contributed by atoms with Crippen LogP contribution in [0.25, 0.3) is 11.1 Å². The molecule has 4 rings (SSSR count). The number of benzene rings is 2. The van der Waals surface area contributed by atoms with Gasteiger partial charge < -0.3 is 20.1 Å². The largest absolute Gasteiger partial charge is 0.497 e. The zero-order valence-electron chi connectivity index (χ0n) is 19.3. The Labute approximate surface area is 191 Å². The Morgan fingerprint density at radius 3 is 2.28 bits per heavy atom. The zero-order chi connectivity index (χ0) is 22.7. The lowest BCUT2D eigenvalue weighted by Gasteiger charge is -2.57. The van der Waals surface area contributed by atoms with Crippen LogP contribution in [0.4, 0.5) is 4.79 Å². The highest BCUT2D eigenvalue weighted by Gasteiger charge is 2.49. The van der Waals surface area contributed by atoms with Gasteiger partial charge >= 0.3 is 6.03 Å². The molecule has 0 radical (unpaired) electrons. The number of fused-ring (bicyclic) bond motifs is 1. The van der Waals surface area contributed by atoms with E-state index in [0.717, 1.165) is 42.8 Å². The normalized spacial score (nSPS) is 23.7. The number of ether oxygens (including phenoxy) is 1. The van der Waals surface area contributed by atoms with Gasteiger partial charge in [-0.05, 0) is 62.1 Å². The predicted molar refractivity (Wildman–Crippen MR) is 127 cm³/mol. The lowest BCUT2D eigenvalue weighted by molar-refractivity contribution is -0.0591. The minimum Gasteiger partial charge on any atom is -0.497 e. The number of amides is 2. The summed E-state index contributed by atoms with van der Waals surface area (Å²) in [5, 5.41) is 13.2. The van der Waals surface area contributed by atoms with Crippen molar-refractivity contribution in [1.82, 2.24) is 15.1 Å². The van der Waals surface area contributed by atoms with Crippen LogP contribution in [0.15, 0.2) is 48.5 Å². The van der Waals surface area contributed by atoms with Crippen molar-refractivity contribution >= 4 is 6.03 Å². The first-order valence-electron chi connectivity index (χ1n) is 11.7. The molecule has 2 N–H and O–H groups in total. The Bertz CT molecular complexity index is 898. The monoisotopic (exact) mass is 437 g/mol. The molecule has 2 heterocycles. The number of aliphatic hydroxyl groups excluding tert-OH is 1. The quantitative estimate of drug-likeness (QED) is 0.749. The van der Waals surface area contributed by atoms with E-state index in [1.165, 1.54) is 5.56 Å². The summed E-state index contributed by atoms with van der Waals surface area (Å²) in [6.07, 6.45) is 2.04. The highest BCUT2D eigenvalue weighted by molar-refractivity contribution is 5.74. The highest BCUT2D eigenvalue weighted by Crippen LogP contribution is 2.42. The van der Waals surface area contributed by atoms with E-state index in [2.05, 4.69) is 46.6 Å². The molecule has 2 aromatic rings. The van der Waals surface area contributed by atoms with Gasteiger partial charge in [-0.3, -0.25) is 4.90 Å². The van der Waals surface area contributed by atoms with Crippen LogP contribution < -0.4 is 10.1 Å². The van der Waals surface area contributed by atoms with E-state index >= 15 is 0 Å². The number of carbonyl (C=O) groups excluding carboxylic acids is 1. The van der Waals surface area contributed by atoms with Gasteiger partial charge in [0, 0.05) is 37.1 Å². The Balaban J connectivity index is 1.53. The van der Waals surface area contributed by atoms with Gasteiger partial charge in [0.1, 0.15) is 5.75 Å². The van der Waals surface area contributed by atoms with E-state index < -0.39 is 0 Å². The molecule has 0 unspecified atom stereocenters. The molecule has 32 heavy (non-hydrogen) atoms. The van der Waals surface area contributed by atoms with Crippen molar-refractivity contribution in [3.8, 4) is 16.9 Å². The van der Waals surface area contributed by atoms with Gasteiger partial charge in [0.2, 0.25) is 0 Å². The number of nitrogens with one attached hydrogen (secondary N) is 1. The molecule has 172 valence electrons. The van der Waals surface area contributed by atoms with Crippen molar-refractivity contribution < 1.29 is 14.6 Å². The number of rotatable bonds is 5. The predicted octanol–water partition coefficient (Wildman–Crippen LogP) is 3.70. The van der Waals surface area contributed by atoms with Crippen molar-refractivity contribution in [2.24, 2.45) is 0 Å². The first-order chi connectivity index (χ1) is 15.5. The van der Waals surface area contributed by atoms with E-state index in [-0.39, 0.29) is 36.7 Å². The molecule has 6 nitrogen and oxygen atoms in total. The fourth-order valence-electron chi connectivity index (χ4n) is 5.14. The first-order valence-corrected chi connectivity index (χ1v) is 11.7. The molecule has 2 aromatic carbocycles. The van der Waals surface area contributed by atoms with Crippen molar-refractivity contribution in [1.29, 1.82) is 0 Å². The summed E-state index contributed by atoms with van der Waals surface area (Å²) in [5.41, 5.74) is 3.53. The van der Waals surface area contributed by atoms with Crippen LogP contribution in [0.3, 0.4) is 0 Å². The smallest absolute Gasteiger partial charge is 0.317 e. The number of carbonyl (C=O) groups is 1. The third-order valence-electron chi connectivity index (χ3n) is 6.79. The second kappa shape index (κ2) is 9.92. The van der Waals surface area contributed by atoms with Crippen LogP contribution in [-0.2, 0) is 0 Å². The second-order valence-electron chi connectivity index (χ2n) is 9.19. The van der Waals surface area contributed by atoms with Crippen LogP contribution >= 0.6 is 0 Å². The Morgan fingerprint density at radius 2 is 1.69 bits per heavy atom. The van der Waals surface area contributed by atoms with Crippen molar-refractivity contribution in [2.75, 3.05) is 33.4 Å². The summed E-state index contributed by atoms with van der Waals surface area (Å²) in [4.78, 5) is 17.1. The van der Waals surface area contributed by atoms with Crippen molar-refractivity contribution in [3.05, 3.63) is 54.1 Å². The molecule has 0 aliphatic carbocycles. The van der Waals surface area contributed by atoms with Gasteiger partial charge in [0.05, 0.1) is 13.7 Å². The summed E-state index contributed by atoms with van der Waals surface area (Å²) in [6, 6.07) is 17.2. The molecule has 0 bridgehead atoms. The molecule has 6 heteroatoms.